The fourth-order valence-electron chi connectivity index (χ4n) is 4.57. The van der Waals surface area contributed by atoms with Crippen molar-refractivity contribution in [3.63, 3.8) is 0 Å². The average molecular weight is 516 g/mol. The summed E-state index contributed by atoms with van der Waals surface area (Å²) in [5.74, 6) is 2.46. The van der Waals surface area contributed by atoms with Crippen molar-refractivity contribution in [3.05, 3.63) is 40.2 Å². The molecule has 0 unspecified atom stereocenters. The van der Waals surface area contributed by atoms with E-state index >= 15 is 0 Å². The van der Waals surface area contributed by atoms with E-state index in [2.05, 4.69) is 15.8 Å². The van der Waals surface area contributed by atoms with Gasteiger partial charge in [0.15, 0.2) is 5.82 Å². The lowest BCUT2D eigenvalue weighted by Crippen LogP contribution is -2.29. The molecule has 3 aromatic rings. The molecule has 0 spiro atoms. The molecule has 0 amide bonds. The van der Waals surface area contributed by atoms with E-state index in [1.807, 2.05) is 20.8 Å². The molecular formula is C26H34ClN5O4. The van der Waals surface area contributed by atoms with Crippen molar-refractivity contribution in [1.82, 2.24) is 20.4 Å². The van der Waals surface area contributed by atoms with Crippen molar-refractivity contribution in [2.24, 2.45) is 0 Å². The van der Waals surface area contributed by atoms with E-state index in [0.29, 0.717) is 34.5 Å². The van der Waals surface area contributed by atoms with Gasteiger partial charge in [-0.2, -0.15) is 0 Å². The van der Waals surface area contributed by atoms with Crippen LogP contribution in [0.5, 0.6) is 5.75 Å². The van der Waals surface area contributed by atoms with Crippen molar-refractivity contribution < 1.29 is 19.1 Å². The summed E-state index contributed by atoms with van der Waals surface area (Å²) < 4.78 is 16.8. The molecule has 0 radical (unpaired) electrons. The second-order valence-corrected chi connectivity index (χ2v) is 9.65. The lowest BCUT2D eigenvalue weighted by molar-refractivity contribution is 0.108. The van der Waals surface area contributed by atoms with Gasteiger partial charge < -0.3 is 29.7 Å². The van der Waals surface area contributed by atoms with Crippen molar-refractivity contribution in [2.75, 3.05) is 32.6 Å². The largest absolute Gasteiger partial charge is 0.491 e. The second-order valence-electron chi connectivity index (χ2n) is 9.24. The number of hydrogen-bond acceptors (Lipinski definition) is 9. The number of aromatic nitrogens is 3. The highest BCUT2D eigenvalue weighted by Crippen LogP contribution is 2.37. The molecule has 3 N–H and O–H groups in total. The minimum Gasteiger partial charge on any atom is -0.491 e. The van der Waals surface area contributed by atoms with E-state index in [9.17, 15) is 5.11 Å². The molecule has 1 saturated carbocycles. The highest BCUT2D eigenvalue weighted by atomic mass is 35.5. The average Bonchev–Trinajstić information content (AvgIpc) is 3.45. The number of halogens is 1. The standard InChI is InChI=1S/C26H34ClN5O4/c1-14-24(23-15(2)32-36-16(23)3)30-26(31-25(14)29-17-6-7-19(10-17)34-5)21-11-20(8-9-22(21)27)35-13-18(33)12-28-4/h8-9,11,17-19,28,33H,6-7,10,12-13H2,1-5H3,(H,29,30,31)/t17-,18+,19+/m0/s1. The number of hydrogen-bond donors (Lipinski definition) is 3. The van der Waals surface area contributed by atoms with Gasteiger partial charge in [0, 0.05) is 30.8 Å². The molecule has 2 aromatic heterocycles. The van der Waals surface area contributed by atoms with Crippen LogP contribution >= 0.6 is 11.6 Å². The Kier molecular flexibility index (Phi) is 8.46. The Morgan fingerprint density at radius 3 is 2.69 bits per heavy atom. The normalized spacial score (nSPS) is 18.4. The maximum Gasteiger partial charge on any atom is 0.163 e. The molecule has 4 rings (SSSR count). The molecule has 0 aliphatic heterocycles. The summed E-state index contributed by atoms with van der Waals surface area (Å²) in [5, 5.41) is 21.2. The van der Waals surface area contributed by atoms with Crippen LogP contribution in [0.3, 0.4) is 0 Å². The quantitative estimate of drug-likeness (QED) is 0.363. The molecule has 1 fully saturated rings. The SMILES string of the molecule is CNC[C@@H](O)COc1ccc(Cl)c(-c2nc(N[C@H]3CC[C@@H](OC)C3)c(C)c(-c3c(C)noc3C)n2)c1. The maximum absolute atomic E-state index is 10.0. The van der Waals surface area contributed by atoms with Gasteiger partial charge in [-0.1, -0.05) is 16.8 Å². The van der Waals surface area contributed by atoms with Crippen LogP contribution in [0, 0.1) is 20.8 Å². The van der Waals surface area contributed by atoms with Gasteiger partial charge in [-0.05, 0) is 65.3 Å². The number of ether oxygens (including phenoxy) is 2. The van der Waals surface area contributed by atoms with E-state index in [1.54, 1.807) is 32.4 Å². The molecular weight excluding hydrogens is 482 g/mol. The van der Waals surface area contributed by atoms with E-state index in [1.165, 1.54) is 0 Å². The Labute approximate surface area is 216 Å². The number of rotatable bonds is 10. The van der Waals surface area contributed by atoms with Crippen molar-refractivity contribution >= 4 is 17.4 Å². The van der Waals surface area contributed by atoms with Crippen LogP contribution in [-0.2, 0) is 4.74 Å². The number of aliphatic hydroxyl groups is 1. The van der Waals surface area contributed by atoms with Gasteiger partial charge in [0.2, 0.25) is 0 Å². The summed E-state index contributed by atoms with van der Waals surface area (Å²) in [5.41, 5.74) is 3.89. The molecule has 2 heterocycles. The topological polar surface area (TPSA) is 115 Å². The van der Waals surface area contributed by atoms with Gasteiger partial charge in [-0.3, -0.25) is 0 Å². The molecule has 1 aliphatic carbocycles. The first-order valence-corrected chi connectivity index (χ1v) is 12.5. The fourth-order valence-corrected chi connectivity index (χ4v) is 4.78. The molecule has 0 bridgehead atoms. The van der Waals surface area contributed by atoms with Gasteiger partial charge in [-0.15, -0.1) is 0 Å². The number of likely N-dealkylation sites (N-methyl/N-ethyl adjacent to an activating group) is 1. The monoisotopic (exact) mass is 515 g/mol. The number of methoxy groups -OCH3 is 1. The smallest absolute Gasteiger partial charge is 0.163 e. The van der Waals surface area contributed by atoms with Crippen LogP contribution in [0.4, 0.5) is 5.82 Å². The first-order valence-electron chi connectivity index (χ1n) is 12.2. The highest BCUT2D eigenvalue weighted by molar-refractivity contribution is 6.33. The fraction of sp³-hybridized carbons (Fsp3) is 0.500. The molecule has 1 aliphatic rings. The van der Waals surface area contributed by atoms with Crippen molar-refractivity contribution in [1.29, 1.82) is 0 Å². The minimum absolute atomic E-state index is 0.149. The molecule has 36 heavy (non-hydrogen) atoms. The lowest BCUT2D eigenvalue weighted by atomic mass is 10.0. The van der Waals surface area contributed by atoms with E-state index in [-0.39, 0.29) is 18.8 Å². The number of aliphatic hydroxyl groups excluding tert-OH is 1. The summed E-state index contributed by atoms with van der Waals surface area (Å²) >= 11 is 6.62. The predicted octanol–water partition coefficient (Wildman–Crippen LogP) is 4.32. The van der Waals surface area contributed by atoms with Crippen LogP contribution < -0.4 is 15.4 Å². The maximum atomic E-state index is 10.0. The van der Waals surface area contributed by atoms with Gasteiger partial charge >= 0.3 is 0 Å². The molecule has 1 aromatic carbocycles. The number of aryl methyl sites for hydroxylation is 2. The third-order valence-corrected chi connectivity index (χ3v) is 6.87. The summed E-state index contributed by atoms with van der Waals surface area (Å²) in [4.78, 5) is 9.82. The number of nitrogens with zero attached hydrogens (tertiary/aromatic N) is 3. The lowest BCUT2D eigenvalue weighted by Gasteiger charge is -2.19. The minimum atomic E-state index is -0.631. The summed E-state index contributed by atoms with van der Waals surface area (Å²) in [7, 11) is 3.53. The second kappa shape index (κ2) is 11.6. The Morgan fingerprint density at radius 1 is 1.22 bits per heavy atom. The van der Waals surface area contributed by atoms with E-state index in [4.69, 9.17) is 35.6 Å². The van der Waals surface area contributed by atoms with Crippen LogP contribution in [-0.4, -0.2) is 65.8 Å². The van der Waals surface area contributed by atoms with Gasteiger partial charge in [0.1, 0.15) is 30.0 Å². The molecule has 9 nitrogen and oxygen atoms in total. The molecule has 10 heteroatoms. The van der Waals surface area contributed by atoms with Crippen LogP contribution in [0.15, 0.2) is 22.7 Å². The third-order valence-electron chi connectivity index (χ3n) is 6.54. The zero-order valence-corrected chi connectivity index (χ0v) is 22.1. The molecule has 3 atom stereocenters. The Balaban J connectivity index is 1.75. The van der Waals surface area contributed by atoms with Gasteiger partial charge in [0.05, 0.1) is 28.1 Å². The van der Waals surface area contributed by atoms with Crippen LogP contribution in [0.2, 0.25) is 5.02 Å². The van der Waals surface area contributed by atoms with Gasteiger partial charge in [-0.25, -0.2) is 9.97 Å². The Bertz CT molecular complexity index is 1180. The first-order chi connectivity index (χ1) is 17.3. The van der Waals surface area contributed by atoms with E-state index in [0.717, 1.165) is 47.6 Å². The highest BCUT2D eigenvalue weighted by Gasteiger charge is 2.27. The Morgan fingerprint density at radius 2 is 2.03 bits per heavy atom. The summed E-state index contributed by atoms with van der Waals surface area (Å²) in [6.07, 6.45) is 2.53. The molecule has 0 saturated heterocycles. The summed E-state index contributed by atoms with van der Waals surface area (Å²) in [6, 6.07) is 5.57. The number of nitrogens with one attached hydrogen (secondary N) is 2. The Hall–Kier alpha value is -2.72. The van der Waals surface area contributed by atoms with Gasteiger partial charge in [0.25, 0.3) is 0 Å². The third kappa shape index (κ3) is 5.81. The number of benzene rings is 1. The van der Waals surface area contributed by atoms with Crippen LogP contribution in [0.25, 0.3) is 22.6 Å². The molecule has 194 valence electrons. The zero-order valence-electron chi connectivity index (χ0n) is 21.4. The van der Waals surface area contributed by atoms with E-state index < -0.39 is 6.10 Å². The number of anilines is 1. The van der Waals surface area contributed by atoms with Crippen molar-refractivity contribution in [2.45, 2.75) is 58.3 Å². The first kappa shape index (κ1) is 26.3. The van der Waals surface area contributed by atoms with Crippen molar-refractivity contribution in [3.8, 4) is 28.4 Å². The zero-order chi connectivity index (χ0) is 25.8. The summed E-state index contributed by atoms with van der Waals surface area (Å²) in [6.45, 7) is 6.36. The predicted molar refractivity (Wildman–Crippen MR) is 140 cm³/mol. The van der Waals surface area contributed by atoms with Crippen LogP contribution in [0.1, 0.15) is 36.3 Å².